The molecule has 0 unspecified atom stereocenters. The zero-order valence-corrected chi connectivity index (χ0v) is 9.69. The van der Waals surface area contributed by atoms with E-state index in [1.54, 1.807) is 4.57 Å². The van der Waals surface area contributed by atoms with E-state index in [0.717, 1.165) is 18.2 Å². The molecule has 1 aromatic carbocycles. The zero-order valence-electron chi connectivity index (χ0n) is 9.69. The molecular formula is C12H13F2N3. The van der Waals surface area contributed by atoms with Gasteiger partial charge in [-0.25, -0.2) is 8.78 Å². The Labute approximate surface area is 98.1 Å². The van der Waals surface area contributed by atoms with Gasteiger partial charge in [-0.05, 0) is 24.1 Å². The monoisotopic (exact) mass is 237 g/mol. The summed E-state index contributed by atoms with van der Waals surface area (Å²) in [5, 5.41) is 7.59. The highest BCUT2D eigenvalue weighted by Gasteiger charge is 2.13. The molecule has 0 saturated heterocycles. The standard InChI is InChI=1S/C12H13F2N3/c1-8(2)6-17-7-15-16-12(17)10-5-9(13)3-4-11(10)14/h3-5,7-8H,6H2,1-2H3. The molecule has 3 nitrogen and oxygen atoms in total. The van der Waals surface area contributed by atoms with Gasteiger partial charge in [0.1, 0.15) is 18.0 Å². The predicted molar refractivity (Wildman–Crippen MR) is 60.2 cm³/mol. The fourth-order valence-corrected chi connectivity index (χ4v) is 1.66. The lowest BCUT2D eigenvalue weighted by Gasteiger charge is -2.09. The normalized spacial score (nSPS) is 11.1. The summed E-state index contributed by atoms with van der Waals surface area (Å²) < 4.78 is 28.4. The van der Waals surface area contributed by atoms with Crippen molar-refractivity contribution in [3.05, 3.63) is 36.2 Å². The van der Waals surface area contributed by atoms with E-state index in [-0.39, 0.29) is 5.56 Å². The van der Waals surface area contributed by atoms with Gasteiger partial charge in [-0.15, -0.1) is 10.2 Å². The van der Waals surface area contributed by atoms with Crippen LogP contribution in [-0.4, -0.2) is 14.8 Å². The number of aromatic nitrogens is 3. The molecule has 0 bridgehead atoms. The van der Waals surface area contributed by atoms with Crippen molar-refractivity contribution in [2.24, 2.45) is 5.92 Å². The van der Waals surface area contributed by atoms with Gasteiger partial charge in [0.25, 0.3) is 0 Å². The van der Waals surface area contributed by atoms with Crippen LogP contribution in [0, 0.1) is 17.6 Å². The van der Waals surface area contributed by atoms with E-state index in [9.17, 15) is 8.78 Å². The summed E-state index contributed by atoms with van der Waals surface area (Å²) in [6.45, 7) is 4.73. The maximum Gasteiger partial charge on any atom is 0.166 e. The lowest BCUT2D eigenvalue weighted by molar-refractivity contribution is 0.523. The molecule has 0 amide bonds. The average Bonchev–Trinajstić information content (AvgIpc) is 2.69. The van der Waals surface area contributed by atoms with E-state index in [0.29, 0.717) is 18.3 Å². The summed E-state index contributed by atoms with van der Waals surface area (Å²) in [7, 11) is 0. The fraction of sp³-hybridized carbons (Fsp3) is 0.333. The van der Waals surface area contributed by atoms with Crippen molar-refractivity contribution in [1.82, 2.24) is 14.8 Å². The maximum atomic E-state index is 13.6. The molecule has 5 heteroatoms. The second-order valence-corrected chi connectivity index (χ2v) is 4.32. The summed E-state index contributed by atoms with van der Waals surface area (Å²) in [6, 6.07) is 3.32. The molecule has 90 valence electrons. The Bertz CT molecular complexity index is 520. The quantitative estimate of drug-likeness (QED) is 0.821. The van der Waals surface area contributed by atoms with Crippen LogP contribution in [0.4, 0.5) is 8.78 Å². The van der Waals surface area contributed by atoms with Crippen LogP contribution in [0.3, 0.4) is 0 Å². The molecule has 0 aliphatic rings. The first-order valence-electron chi connectivity index (χ1n) is 5.41. The van der Waals surface area contributed by atoms with Gasteiger partial charge in [-0.2, -0.15) is 0 Å². The molecule has 2 rings (SSSR count). The summed E-state index contributed by atoms with van der Waals surface area (Å²) >= 11 is 0. The van der Waals surface area contributed by atoms with Gasteiger partial charge in [0.15, 0.2) is 5.82 Å². The number of hydrogen-bond donors (Lipinski definition) is 0. The van der Waals surface area contributed by atoms with E-state index < -0.39 is 11.6 Å². The van der Waals surface area contributed by atoms with E-state index in [4.69, 9.17) is 0 Å². The second-order valence-electron chi connectivity index (χ2n) is 4.32. The van der Waals surface area contributed by atoms with Gasteiger partial charge in [0.05, 0.1) is 5.56 Å². The van der Waals surface area contributed by atoms with Crippen LogP contribution in [0.25, 0.3) is 11.4 Å². The van der Waals surface area contributed by atoms with Crippen LogP contribution in [0.15, 0.2) is 24.5 Å². The first-order chi connectivity index (χ1) is 8.08. The Balaban J connectivity index is 2.45. The molecule has 0 saturated carbocycles. The largest absolute Gasteiger partial charge is 0.313 e. The van der Waals surface area contributed by atoms with Crippen LogP contribution >= 0.6 is 0 Å². The summed E-state index contributed by atoms with van der Waals surface area (Å²) in [5.74, 6) is -0.248. The summed E-state index contributed by atoms with van der Waals surface area (Å²) in [6.07, 6.45) is 1.53. The number of nitrogens with zero attached hydrogens (tertiary/aromatic N) is 3. The fourth-order valence-electron chi connectivity index (χ4n) is 1.66. The van der Waals surface area contributed by atoms with Gasteiger partial charge < -0.3 is 4.57 Å². The van der Waals surface area contributed by atoms with Gasteiger partial charge in [-0.3, -0.25) is 0 Å². The van der Waals surface area contributed by atoms with E-state index in [1.165, 1.54) is 6.33 Å². The van der Waals surface area contributed by atoms with Crippen LogP contribution in [-0.2, 0) is 6.54 Å². The van der Waals surface area contributed by atoms with Crippen LogP contribution < -0.4 is 0 Å². The van der Waals surface area contributed by atoms with Gasteiger partial charge in [0, 0.05) is 6.54 Å². The van der Waals surface area contributed by atoms with Crippen LogP contribution in [0.2, 0.25) is 0 Å². The van der Waals surface area contributed by atoms with Crippen molar-refractivity contribution in [3.8, 4) is 11.4 Å². The minimum absolute atomic E-state index is 0.142. The SMILES string of the molecule is CC(C)Cn1cnnc1-c1cc(F)ccc1F. The number of rotatable bonds is 3. The first-order valence-corrected chi connectivity index (χ1v) is 5.41. The summed E-state index contributed by atoms with van der Waals surface area (Å²) in [5.41, 5.74) is 0.142. The van der Waals surface area contributed by atoms with Crippen molar-refractivity contribution in [2.75, 3.05) is 0 Å². The lowest BCUT2D eigenvalue weighted by Crippen LogP contribution is -2.06. The number of benzene rings is 1. The van der Waals surface area contributed by atoms with Gasteiger partial charge >= 0.3 is 0 Å². The van der Waals surface area contributed by atoms with Crippen LogP contribution in [0.1, 0.15) is 13.8 Å². The van der Waals surface area contributed by atoms with E-state index in [1.807, 2.05) is 13.8 Å². The Morgan fingerprint density at radius 1 is 1.29 bits per heavy atom. The Morgan fingerprint density at radius 3 is 2.76 bits per heavy atom. The molecule has 0 aliphatic carbocycles. The van der Waals surface area contributed by atoms with Crippen molar-refractivity contribution in [3.63, 3.8) is 0 Å². The molecule has 0 aliphatic heterocycles. The zero-order chi connectivity index (χ0) is 12.4. The second kappa shape index (κ2) is 4.61. The first kappa shape index (κ1) is 11.7. The molecule has 0 radical (unpaired) electrons. The predicted octanol–water partition coefficient (Wildman–Crippen LogP) is 2.88. The Kier molecular flexibility index (Phi) is 3.17. The van der Waals surface area contributed by atoms with Gasteiger partial charge in [-0.1, -0.05) is 13.8 Å². The molecule has 17 heavy (non-hydrogen) atoms. The molecule has 0 N–H and O–H groups in total. The minimum Gasteiger partial charge on any atom is -0.313 e. The smallest absolute Gasteiger partial charge is 0.166 e. The highest BCUT2D eigenvalue weighted by molar-refractivity contribution is 5.55. The molecule has 0 atom stereocenters. The van der Waals surface area contributed by atoms with Crippen molar-refractivity contribution in [2.45, 2.75) is 20.4 Å². The number of hydrogen-bond acceptors (Lipinski definition) is 2. The molecular weight excluding hydrogens is 224 g/mol. The lowest BCUT2D eigenvalue weighted by atomic mass is 10.1. The third-order valence-corrected chi connectivity index (χ3v) is 2.35. The molecule has 0 fully saturated rings. The molecule has 1 heterocycles. The van der Waals surface area contributed by atoms with Crippen molar-refractivity contribution >= 4 is 0 Å². The Hall–Kier alpha value is -1.78. The van der Waals surface area contributed by atoms with Crippen molar-refractivity contribution < 1.29 is 8.78 Å². The average molecular weight is 237 g/mol. The number of halogens is 2. The minimum atomic E-state index is -0.496. The third-order valence-electron chi connectivity index (χ3n) is 2.35. The summed E-state index contributed by atoms with van der Waals surface area (Å²) in [4.78, 5) is 0. The van der Waals surface area contributed by atoms with Crippen molar-refractivity contribution in [1.29, 1.82) is 0 Å². The van der Waals surface area contributed by atoms with Crippen LogP contribution in [0.5, 0.6) is 0 Å². The molecule has 2 aromatic rings. The molecule has 0 spiro atoms. The van der Waals surface area contributed by atoms with E-state index >= 15 is 0 Å². The maximum absolute atomic E-state index is 13.6. The Morgan fingerprint density at radius 2 is 2.06 bits per heavy atom. The van der Waals surface area contributed by atoms with Gasteiger partial charge in [0.2, 0.25) is 0 Å². The molecule has 1 aromatic heterocycles. The van der Waals surface area contributed by atoms with E-state index in [2.05, 4.69) is 10.2 Å². The highest BCUT2D eigenvalue weighted by atomic mass is 19.1. The third kappa shape index (κ3) is 2.49. The highest BCUT2D eigenvalue weighted by Crippen LogP contribution is 2.22. The topological polar surface area (TPSA) is 30.7 Å².